The molecule has 1 aliphatic heterocycles. The zero-order valence-electron chi connectivity index (χ0n) is 12.5. The number of halogens is 1. The van der Waals surface area contributed by atoms with E-state index in [0.717, 1.165) is 25.7 Å². The summed E-state index contributed by atoms with van der Waals surface area (Å²) in [6.07, 6.45) is 6.32. The average Bonchev–Trinajstić information content (AvgIpc) is 3.07. The number of aliphatic hydroxyl groups is 1. The maximum atomic E-state index is 13.4. The van der Waals surface area contributed by atoms with E-state index in [1.807, 2.05) is 0 Å². The van der Waals surface area contributed by atoms with Gasteiger partial charge in [-0.2, -0.15) is 0 Å². The molecule has 0 aromatic heterocycles. The van der Waals surface area contributed by atoms with Crippen LogP contribution in [0.15, 0.2) is 18.2 Å². The first kappa shape index (κ1) is 14.8. The van der Waals surface area contributed by atoms with E-state index in [1.165, 1.54) is 25.0 Å². The van der Waals surface area contributed by atoms with E-state index in [1.54, 1.807) is 13.0 Å². The molecule has 1 saturated heterocycles. The molecule has 116 valence electrons. The van der Waals surface area contributed by atoms with Gasteiger partial charge in [-0.1, -0.05) is 12.8 Å². The minimum absolute atomic E-state index is 0.0771. The predicted molar refractivity (Wildman–Crippen MR) is 77.8 cm³/mol. The van der Waals surface area contributed by atoms with E-state index in [-0.39, 0.29) is 17.5 Å². The maximum absolute atomic E-state index is 13.4. The summed E-state index contributed by atoms with van der Waals surface area (Å²) < 4.78 is 25.3. The van der Waals surface area contributed by atoms with Crippen molar-refractivity contribution in [2.24, 2.45) is 0 Å². The van der Waals surface area contributed by atoms with Gasteiger partial charge < -0.3 is 14.6 Å². The second-order valence-electron chi connectivity index (χ2n) is 6.34. The van der Waals surface area contributed by atoms with Crippen molar-refractivity contribution in [3.05, 3.63) is 29.6 Å². The highest BCUT2D eigenvalue weighted by Crippen LogP contribution is 2.43. The van der Waals surface area contributed by atoms with Gasteiger partial charge >= 0.3 is 0 Å². The van der Waals surface area contributed by atoms with Gasteiger partial charge in [-0.15, -0.1) is 0 Å². The van der Waals surface area contributed by atoms with Crippen molar-refractivity contribution in [1.29, 1.82) is 0 Å². The molecule has 0 bridgehead atoms. The molecule has 3 rings (SSSR count). The molecule has 1 N–H and O–H groups in total. The van der Waals surface area contributed by atoms with E-state index in [0.29, 0.717) is 17.9 Å². The van der Waals surface area contributed by atoms with Crippen molar-refractivity contribution in [1.82, 2.24) is 0 Å². The molecule has 1 heterocycles. The van der Waals surface area contributed by atoms with Crippen LogP contribution in [0.2, 0.25) is 0 Å². The Morgan fingerprint density at radius 2 is 2.14 bits per heavy atom. The quantitative estimate of drug-likeness (QED) is 0.919. The van der Waals surface area contributed by atoms with Gasteiger partial charge in [0.1, 0.15) is 18.2 Å². The Labute approximate surface area is 125 Å². The third-order valence-electron chi connectivity index (χ3n) is 4.70. The second-order valence-corrected chi connectivity index (χ2v) is 6.34. The molecule has 0 amide bonds. The van der Waals surface area contributed by atoms with Gasteiger partial charge in [0.25, 0.3) is 0 Å². The highest BCUT2D eigenvalue weighted by molar-refractivity contribution is 5.35. The molecule has 1 saturated carbocycles. The Bertz CT molecular complexity index is 495. The standard InChI is InChI=1S/C17H23FO3/c1-12(19)15-5-4-13(18)10-16(15)20-11-14-6-9-17(21-14)7-2-3-8-17/h4-5,10,12,14,19H,2-3,6-9,11H2,1H3/t12-,14?/m1/s1. The highest BCUT2D eigenvalue weighted by atomic mass is 19.1. The van der Waals surface area contributed by atoms with Crippen LogP contribution in [0.4, 0.5) is 4.39 Å². The van der Waals surface area contributed by atoms with Crippen molar-refractivity contribution >= 4 is 0 Å². The monoisotopic (exact) mass is 294 g/mol. The Balaban J connectivity index is 1.62. The van der Waals surface area contributed by atoms with E-state index in [9.17, 15) is 9.50 Å². The lowest BCUT2D eigenvalue weighted by molar-refractivity contribution is -0.0511. The Hall–Kier alpha value is -1.13. The zero-order chi connectivity index (χ0) is 14.9. The molecule has 1 spiro atoms. The molecular weight excluding hydrogens is 271 g/mol. The zero-order valence-corrected chi connectivity index (χ0v) is 12.5. The Kier molecular flexibility index (Phi) is 4.18. The summed E-state index contributed by atoms with van der Waals surface area (Å²) in [6.45, 7) is 2.07. The highest BCUT2D eigenvalue weighted by Gasteiger charge is 2.42. The van der Waals surface area contributed by atoms with Crippen LogP contribution >= 0.6 is 0 Å². The summed E-state index contributed by atoms with van der Waals surface area (Å²) in [6, 6.07) is 4.25. The topological polar surface area (TPSA) is 38.7 Å². The van der Waals surface area contributed by atoms with Gasteiger partial charge in [0, 0.05) is 11.6 Å². The molecule has 4 heteroatoms. The van der Waals surface area contributed by atoms with Crippen molar-refractivity contribution in [2.75, 3.05) is 6.61 Å². The first-order valence-electron chi connectivity index (χ1n) is 7.86. The first-order chi connectivity index (χ1) is 10.1. The summed E-state index contributed by atoms with van der Waals surface area (Å²) in [5.74, 6) is 0.0648. The lowest BCUT2D eigenvalue weighted by Crippen LogP contribution is -2.27. The summed E-state index contributed by atoms with van der Waals surface area (Å²) in [5.41, 5.74) is 0.702. The molecule has 2 aliphatic rings. The minimum atomic E-state index is -0.675. The predicted octanol–water partition coefficient (Wildman–Crippen LogP) is 3.75. The largest absolute Gasteiger partial charge is 0.490 e. The van der Waals surface area contributed by atoms with Crippen LogP contribution in [0.5, 0.6) is 5.75 Å². The summed E-state index contributed by atoms with van der Waals surface area (Å²) in [5, 5.41) is 9.72. The normalized spacial score (nSPS) is 25.4. The summed E-state index contributed by atoms with van der Waals surface area (Å²) in [4.78, 5) is 0. The van der Waals surface area contributed by atoms with Crippen molar-refractivity contribution < 1.29 is 19.0 Å². The third-order valence-corrected chi connectivity index (χ3v) is 4.70. The molecular formula is C17H23FO3. The average molecular weight is 294 g/mol. The first-order valence-corrected chi connectivity index (χ1v) is 7.86. The van der Waals surface area contributed by atoms with Crippen LogP contribution < -0.4 is 4.74 Å². The molecule has 1 unspecified atom stereocenters. The van der Waals surface area contributed by atoms with Gasteiger partial charge in [0.15, 0.2) is 0 Å². The molecule has 1 aliphatic carbocycles. The second kappa shape index (κ2) is 5.93. The van der Waals surface area contributed by atoms with Crippen LogP contribution in [0.1, 0.15) is 57.1 Å². The number of rotatable bonds is 4. The number of aliphatic hydroxyl groups excluding tert-OH is 1. The van der Waals surface area contributed by atoms with Crippen LogP contribution in [-0.4, -0.2) is 23.4 Å². The van der Waals surface area contributed by atoms with Gasteiger partial charge in [-0.25, -0.2) is 4.39 Å². The molecule has 1 aromatic rings. The molecule has 2 fully saturated rings. The maximum Gasteiger partial charge on any atom is 0.128 e. The Morgan fingerprint density at radius 1 is 1.38 bits per heavy atom. The SMILES string of the molecule is C[C@@H](O)c1ccc(F)cc1OCC1CCC2(CCCC2)O1. The lowest BCUT2D eigenvalue weighted by Gasteiger charge is -2.24. The Morgan fingerprint density at radius 3 is 2.86 bits per heavy atom. The van der Waals surface area contributed by atoms with Crippen molar-refractivity contribution in [3.63, 3.8) is 0 Å². The van der Waals surface area contributed by atoms with Gasteiger partial charge in [-0.3, -0.25) is 0 Å². The molecule has 2 atom stereocenters. The van der Waals surface area contributed by atoms with Gasteiger partial charge in [-0.05, 0) is 44.7 Å². The fraction of sp³-hybridized carbons (Fsp3) is 0.647. The number of ether oxygens (including phenoxy) is 2. The van der Waals surface area contributed by atoms with Crippen LogP contribution in [0, 0.1) is 5.82 Å². The van der Waals surface area contributed by atoms with E-state index >= 15 is 0 Å². The van der Waals surface area contributed by atoms with Gasteiger partial charge in [0.05, 0.1) is 17.8 Å². The van der Waals surface area contributed by atoms with E-state index < -0.39 is 6.10 Å². The van der Waals surface area contributed by atoms with Crippen LogP contribution in [0.3, 0.4) is 0 Å². The van der Waals surface area contributed by atoms with Crippen LogP contribution in [-0.2, 0) is 4.74 Å². The summed E-state index contributed by atoms with van der Waals surface area (Å²) in [7, 11) is 0. The lowest BCUT2D eigenvalue weighted by atomic mass is 9.98. The van der Waals surface area contributed by atoms with Crippen LogP contribution in [0.25, 0.3) is 0 Å². The van der Waals surface area contributed by atoms with E-state index in [4.69, 9.17) is 9.47 Å². The number of benzene rings is 1. The molecule has 1 aromatic carbocycles. The fourth-order valence-electron chi connectivity index (χ4n) is 3.56. The summed E-state index contributed by atoms with van der Waals surface area (Å²) >= 11 is 0. The fourth-order valence-corrected chi connectivity index (χ4v) is 3.56. The number of hydrogen-bond donors (Lipinski definition) is 1. The molecule has 21 heavy (non-hydrogen) atoms. The van der Waals surface area contributed by atoms with Gasteiger partial charge in [0.2, 0.25) is 0 Å². The van der Waals surface area contributed by atoms with E-state index in [2.05, 4.69) is 0 Å². The third kappa shape index (κ3) is 3.22. The smallest absolute Gasteiger partial charge is 0.128 e. The van der Waals surface area contributed by atoms with Crippen molar-refractivity contribution in [2.45, 2.75) is 63.3 Å². The molecule has 3 nitrogen and oxygen atoms in total. The number of hydrogen-bond acceptors (Lipinski definition) is 3. The molecule has 0 radical (unpaired) electrons. The van der Waals surface area contributed by atoms with Crippen molar-refractivity contribution in [3.8, 4) is 5.75 Å². The minimum Gasteiger partial charge on any atom is -0.490 e.